The minimum Gasteiger partial charge on any atom is -0.351 e. The van der Waals surface area contributed by atoms with Gasteiger partial charge in [0.2, 0.25) is 0 Å². The molecule has 1 aromatic carbocycles. The van der Waals surface area contributed by atoms with E-state index < -0.39 is 0 Å². The summed E-state index contributed by atoms with van der Waals surface area (Å²) in [6.07, 6.45) is 1.77. The lowest BCUT2D eigenvalue weighted by Crippen LogP contribution is -2.42. The highest BCUT2D eigenvalue weighted by atomic mass is 16.2. The Labute approximate surface area is 118 Å². The number of aromatic amines is 1. The van der Waals surface area contributed by atoms with Gasteiger partial charge >= 0.3 is 0 Å². The van der Waals surface area contributed by atoms with Crippen LogP contribution in [0.15, 0.2) is 42.5 Å². The molecule has 1 saturated heterocycles. The Bertz CT molecular complexity index is 583. The van der Waals surface area contributed by atoms with Gasteiger partial charge in [0.15, 0.2) is 0 Å². The molecule has 104 valence electrons. The lowest BCUT2D eigenvalue weighted by Gasteiger charge is -2.29. The highest BCUT2D eigenvalue weighted by Crippen LogP contribution is 2.19. The van der Waals surface area contributed by atoms with Gasteiger partial charge in [-0.3, -0.25) is 4.79 Å². The molecule has 0 atom stereocenters. The summed E-state index contributed by atoms with van der Waals surface area (Å²) < 4.78 is 0. The Morgan fingerprint density at radius 2 is 1.80 bits per heavy atom. The molecule has 2 heterocycles. The molecule has 1 amide bonds. The topological polar surface area (TPSA) is 62.1 Å². The molecule has 0 bridgehead atoms. The van der Waals surface area contributed by atoms with E-state index in [0.29, 0.717) is 5.69 Å². The average Bonchev–Trinajstić information content (AvgIpc) is 2.98. The Hall–Kier alpha value is -2.07. The molecule has 0 spiro atoms. The molecule has 1 aromatic heterocycles. The van der Waals surface area contributed by atoms with Crippen LogP contribution in [0.1, 0.15) is 23.3 Å². The number of nitrogens with one attached hydrogen (secondary N) is 1. The van der Waals surface area contributed by atoms with Crippen molar-refractivity contribution in [3.63, 3.8) is 0 Å². The molecule has 0 radical (unpaired) electrons. The molecule has 20 heavy (non-hydrogen) atoms. The van der Waals surface area contributed by atoms with E-state index in [0.717, 1.165) is 37.2 Å². The van der Waals surface area contributed by atoms with E-state index in [-0.39, 0.29) is 11.9 Å². The molecule has 0 saturated carbocycles. The highest BCUT2D eigenvalue weighted by molar-refractivity contribution is 5.93. The SMILES string of the molecule is NC1CCN(C(=O)c2ccc(-c3ccccc3)[nH]2)CC1. The Kier molecular flexibility index (Phi) is 3.56. The van der Waals surface area contributed by atoms with Crippen LogP contribution in [0.2, 0.25) is 0 Å². The summed E-state index contributed by atoms with van der Waals surface area (Å²) in [7, 11) is 0. The van der Waals surface area contributed by atoms with Crippen LogP contribution in [0.3, 0.4) is 0 Å². The molecule has 0 aliphatic carbocycles. The van der Waals surface area contributed by atoms with Crippen LogP contribution in [0, 0.1) is 0 Å². The molecular weight excluding hydrogens is 250 g/mol. The monoisotopic (exact) mass is 269 g/mol. The summed E-state index contributed by atoms with van der Waals surface area (Å²) in [6, 6.07) is 14.1. The Morgan fingerprint density at radius 3 is 2.50 bits per heavy atom. The zero-order valence-electron chi connectivity index (χ0n) is 11.4. The number of hydrogen-bond acceptors (Lipinski definition) is 2. The summed E-state index contributed by atoms with van der Waals surface area (Å²) in [5.41, 5.74) is 8.59. The van der Waals surface area contributed by atoms with Crippen LogP contribution in [0.5, 0.6) is 0 Å². The predicted molar refractivity (Wildman–Crippen MR) is 79.3 cm³/mol. The minimum atomic E-state index is 0.0686. The zero-order valence-corrected chi connectivity index (χ0v) is 11.4. The van der Waals surface area contributed by atoms with Crippen molar-refractivity contribution < 1.29 is 4.79 Å². The maximum atomic E-state index is 12.4. The van der Waals surface area contributed by atoms with Crippen molar-refractivity contribution in [3.05, 3.63) is 48.2 Å². The van der Waals surface area contributed by atoms with Gasteiger partial charge < -0.3 is 15.6 Å². The molecule has 4 nitrogen and oxygen atoms in total. The van der Waals surface area contributed by atoms with Crippen molar-refractivity contribution in [2.75, 3.05) is 13.1 Å². The van der Waals surface area contributed by atoms with Crippen molar-refractivity contribution in [3.8, 4) is 11.3 Å². The van der Waals surface area contributed by atoms with Gasteiger partial charge in [-0.25, -0.2) is 0 Å². The number of carbonyl (C=O) groups is 1. The normalized spacial score (nSPS) is 16.4. The predicted octanol–water partition coefficient (Wildman–Crippen LogP) is 2.25. The number of nitrogens with zero attached hydrogens (tertiary/aromatic N) is 1. The Balaban J connectivity index is 1.75. The highest BCUT2D eigenvalue weighted by Gasteiger charge is 2.22. The third-order valence-electron chi connectivity index (χ3n) is 3.83. The van der Waals surface area contributed by atoms with Gasteiger partial charge in [-0.1, -0.05) is 30.3 Å². The first-order chi connectivity index (χ1) is 9.74. The first kappa shape index (κ1) is 12.9. The van der Waals surface area contributed by atoms with E-state index in [1.54, 1.807) is 0 Å². The van der Waals surface area contributed by atoms with Crippen LogP contribution in [0.4, 0.5) is 0 Å². The van der Waals surface area contributed by atoms with Gasteiger partial charge in [0.25, 0.3) is 5.91 Å². The second-order valence-electron chi connectivity index (χ2n) is 5.28. The van der Waals surface area contributed by atoms with Crippen LogP contribution < -0.4 is 5.73 Å². The largest absolute Gasteiger partial charge is 0.351 e. The maximum Gasteiger partial charge on any atom is 0.270 e. The molecule has 0 unspecified atom stereocenters. The second-order valence-corrected chi connectivity index (χ2v) is 5.28. The zero-order chi connectivity index (χ0) is 13.9. The fourth-order valence-electron chi connectivity index (χ4n) is 2.58. The van der Waals surface area contributed by atoms with E-state index in [4.69, 9.17) is 5.73 Å². The number of carbonyl (C=O) groups excluding carboxylic acids is 1. The van der Waals surface area contributed by atoms with Crippen molar-refractivity contribution in [2.45, 2.75) is 18.9 Å². The third-order valence-corrected chi connectivity index (χ3v) is 3.83. The molecule has 3 rings (SSSR count). The number of aromatic nitrogens is 1. The van der Waals surface area contributed by atoms with Crippen molar-refractivity contribution in [1.82, 2.24) is 9.88 Å². The Morgan fingerprint density at radius 1 is 1.10 bits per heavy atom. The molecule has 1 aliphatic heterocycles. The van der Waals surface area contributed by atoms with Crippen LogP contribution in [-0.2, 0) is 0 Å². The number of benzene rings is 1. The van der Waals surface area contributed by atoms with Gasteiger partial charge in [0, 0.05) is 24.8 Å². The molecule has 4 heteroatoms. The van der Waals surface area contributed by atoms with Crippen molar-refractivity contribution in [1.29, 1.82) is 0 Å². The minimum absolute atomic E-state index is 0.0686. The van der Waals surface area contributed by atoms with E-state index in [9.17, 15) is 4.79 Å². The molecule has 1 aliphatic rings. The average molecular weight is 269 g/mol. The fourth-order valence-corrected chi connectivity index (χ4v) is 2.58. The quantitative estimate of drug-likeness (QED) is 0.878. The van der Waals surface area contributed by atoms with Gasteiger partial charge in [0.1, 0.15) is 5.69 Å². The number of amides is 1. The van der Waals surface area contributed by atoms with Gasteiger partial charge in [-0.05, 0) is 30.5 Å². The molecular formula is C16H19N3O. The summed E-state index contributed by atoms with van der Waals surface area (Å²) in [4.78, 5) is 17.5. The standard InChI is InChI=1S/C16H19N3O/c17-13-8-10-19(11-9-13)16(20)15-7-6-14(18-15)12-4-2-1-3-5-12/h1-7,13,18H,8-11,17H2. The molecule has 2 aromatic rings. The summed E-state index contributed by atoms with van der Waals surface area (Å²) in [6.45, 7) is 1.50. The van der Waals surface area contributed by atoms with Crippen LogP contribution in [-0.4, -0.2) is 34.9 Å². The first-order valence-electron chi connectivity index (χ1n) is 7.03. The lowest BCUT2D eigenvalue weighted by molar-refractivity contribution is 0.0709. The number of rotatable bonds is 2. The van der Waals surface area contributed by atoms with Gasteiger partial charge in [-0.15, -0.1) is 0 Å². The first-order valence-corrected chi connectivity index (χ1v) is 7.03. The number of nitrogens with two attached hydrogens (primary N) is 1. The van der Waals surface area contributed by atoms with Crippen LogP contribution in [0.25, 0.3) is 11.3 Å². The van der Waals surface area contributed by atoms with Gasteiger partial charge in [0.05, 0.1) is 0 Å². The lowest BCUT2D eigenvalue weighted by atomic mass is 10.1. The number of H-pyrrole nitrogens is 1. The van der Waals surface area contributed by atoms with Crippen molar-refractivity contribution >= 4 is 5.91 Å². The van der Waals surface area contributed by atoms with Crippen LogP contribution >= 0.6 is 0 Å². The maximum absolute atomic E-state index is 12.4. The molecule has 3 N–H and O–H groups in total. The number of hydrogen-bond donors (Lipinski definition) is 2. The van der Waals surface area contributed by atoms with E-state index in [2.05, 4.69) is 4.98 Å². The second kappa shape index (κ2) is 5.51. The summed E-state index contributed by atoms with van der Waals surface area (Å²) in [5, 5.41) is 0. The van der Waals surface area contributed by atoms with Crippen molar-refractivity contribution in [2.24, 2.45) is 5.73 Å². The molecule has 1 fully saturated rings. The van der Waals surface area contributed by atoms with E-state index in [1.807, 2.05) is 47.4 Å². The summed E-state index contributed by atoms with van der Waals surface area (Å²) in [5.74, 6) is 0.0686. The third kappa shape index (κ3) is 2.60. The fraction of sp³-hybridized carbons (Fsp3) is 0.312. The smallest absolute Gasteiger partial charge is 0.270 e. The van der Waals surface area contributed by atoms with Gasteiger partial charge in [-0.2, -0.15) is 0 Å². The summed E-state index contributed by atoms with van der Waals surface area (Å²) >= 11 is 0. The van der Waals surface area contributed by atoms with E-state index in [1.165, 1.54) is 0 Å². The number of piperidine rings is 1. The van der Waals surface area contributed by atoms with E-state index >= 15 is 0 Å². The number of likely N-dealkylation sites (tertiary alicyclic amines) is 1.